The summed E-state index contributed by atoms with van der Waals surface area (Å²) in [6.45, 7) is 0. The quantitative estimate of drug-likeness (QED) is 0.451. The van der Waals surface area contributed by atoms with E-state index >= 15 is 0 Å². The van der Waals surface area contributed by atoms with E-state index < -0.39 is 0 Å². The minimum Gasteiger partial charge on any atom is -0.342 e. The Morgan fingerprint density at radius 3 is 2.73 bits per heavy atom. The predicted molar refractivity (Wildman–Crippen MR) is 49.3 cm³/mol. The van der Waals surface area contributed by atoms with E-state index in [9.17, 15) is 0 Å². The van der Waals surface area contributed by atoms with Gasteiger partial charge in [-0.05, 0) is 21.3 Å². The first kappa shape index (κ1) is 8.75. The Kier molecular flexibility index (Phi) is 2.04. The molecule has 2 aromatic rings. The molecule has 1 N–H and O–H groups in total. The summed E-state index contributed by atoms with van der Waals surface area (Å²) in [4.78, 5) is 19.2. The Hall–Kier alpha value is -2.83. The summed E-state index contributed by atoms with van der Waals surface area (Å²) in [6.07, 6.45) is 1.37. The molecule has 10 heteroatoms. The van der Waals surface area contributed by atoms with E-state index in [0.717, 1.165) is 0 Å². The zero-order valence-corrected chi connectivity index (χ0v) is 7.10. The molecule has 0 fully saturated rings. The van der Waals surface area contributed by atoms with Gasteiger partial charge in [0.05, 0.1) is 6.33 Å². The third-order valence-electron chi connectivity index (χ3n) is 1.53. The zero-order valence-electron chi connectivity index (χ0n) is 7.10. The summed E-state index contributed by atoms with van der Waals surface area (Å²) in [5.74, 6) is -0.0955. The lowest BCUT2D eigenvalue weighted by Gasteiger charge is -1.94. The molecule has 2 rings (SSSR count). The molecule has 10 nitrogen and oxygen atoms in total. The Morgan fingerprint density at radius 1 is 1.20 bits per heavy atom. The van der Waals surface area contributed by atoms with Crippen LogP contribution in [-0.4, -0.2) is 19.9 Å². The van der Waals surface area contributed by atoms with Gasteiger partial charge in [-0.15, -0.1) is 0 Å². The molecule has 0 aliphatic heterocycles. The first-order chi connectivity index (χ1) is 7.35. The molecule has 0 bridgehead atoms. The van der Waals surface area contributed by atoms with Crippen molar-refractivity contribution in [3.05, 3.63) is 27.2 Å². The molecular weight excluding hydrogens is 200 g/mol. The van der Waals surface area contributed by atoms with Gasteiger partial charge in [-0.25, -0.2) is 15.0 Å². The van der Waals surface area contributed by atoms with E-state index in [1.807, 2.05) is 0 Å². The van der Waals surface area contributed by atoms with Crippen LogP contribution in [0.1, 0.15) is 0 Å². The Balaban J connectivity index is 2.79. The van der Waals surface area contributed by atoms with Crippen molar-refractivity contribution in [1.82, 2.24) is 19.9 Å². The van der Waals surface area contributed by atoms with Gasteiger partial charge in [-0.3, -0.25) is 0 Å². The highest BCUT2D eigenvalue weighted by Gasteiger charge is 2.06. The van der Waals surface area contributed by atoms with E-state index in [0.29, 0.717) is 5.52 Å². The Morgan fingerprint density at radius 2 is 2.00 bits per heavy atom. The van der Waals surface area contributed by atoms with Gasteiger partial charge in [0.1, 0.15) is 5.52 Å². The van der Waals surface area contributed by atoms with Gasteiger partial charge >= 0.3 is 0 Å². The summed E-state index contributed by atoms with van der Waals surface area (Å²) in [5, 5.41) is 6.53. The smallest absolute Gasteiger partial charge is 0.219 e. The number of fused-ring (bicyclic) bond motifs is 1. The van der Waals surface area contributed by atoms with Crippen LogP contribution in [0.5, 0.6) is 0 Å². The minimum absolute atomic E-state index is 0.0439. The van der Waals surface area contributed by atoms with Crippen molar-refractivity contribution in [2.24, 2.45) is 10.2 Å². The topological polar surface area (TPSA) is 152 Å². The van der Waals surface area contributed by atoms with E-state index in [1.165, 1.54) is 6.33 Å². The second-order valence-corrected chi connectivity index (χ2v) is 2.33. The van der Waals surface area contributed by atoms with Gasteiger partial charge in [0.2, 0.25) is 5.95 Å². The summed E-state index contributed by atoms with van der Waals surface area (Å²) >= 11 is 0. The Labute approximate surface area is 81.2 Å². The average molecular weight is 202 g/mol. The monoisotopic (exact) mass is 202 g/mol. The van der Waals surface area contributed by atoms with Crippen LogP contribution >= 0.6 is 0 Å². The van der Waals surface area contributed by atoms with Crippen LogP contribution in [0.25, 0.3) is 32.0 Å². The number of hydrogen-bond donors (Lipinski definition) is 1. The first-order valence-corrected chi connectivity index (χ1v) is 3.66. The highest BCUT2D eigenvalue weighted by Crippen LogP contribution is 2.22. The normalized spacial score (nSPS) is 9.33. The van der Waals surface area contributed by atoms with E-state index in [4.69, 9.17) is 11.1 Å². The molecule has 0 amide bonds. The molecule has 0 aliphatic carbocycles. The third-order valence-corrected chi connectivity index (χ3v) is 1.53. The predicted octanol–water partition coefficient (Wildman–Crippen LogP) is 2.24. The number of hydrogen-bond acceptors (Lipinski definition) is 5. The number of aromatic amines is 1. The third kappa shape index (κ3) is 1.48. The van der Waals surface area contributed by atoms with Crippen LogP contribution in [0.2, 0.25) is 0 Å². The van der Waals surface area contributed by atoms with E-state index in [1.54, 1.807) is 0 Å². The molecule has 0 atom stereocenters. The molecule has 2 aromatic heterocycles. The molecule has 0 radical (unpaired) electrons. The number of aromatic nitrogens is 4. The van der Waals surface area contributed by atoms with Gasteiger partial charge in [0.25, 0.3) is 0 Å². The molecule has 0 saturated carbocycles. The molecule has 0 spiro atoms. The van der Waals surface area contributed by atoms with Crippen LogP contribution in [0.4, 0.5) is 11.8 Å². The molecule has 0 aliphatic rings. The molecule has 2 heterocycles. The fourth-order valence-electron chi connectivity index (χ4n) is 1.01. The van der Waals surface area contributed by atoms with Crippen molar-refractivity contribution in [1.29, 1.82) is 0 Å². The van der Waals surface area contributed by atoms with Gasteiger partial charge in [0.15, 0.2) is 11.5 Å². The summed E-state index contributed by atoms with van der Waals surface area (Å²) < 4.78 is 0. The van der Waals surface area contributed by atoms with Crippen LogP contribution < -0.4 is 0 Å². The Bertz CT molecular complexity index is 597. The van der Waals surface area contributed by atoms with Crippen LogP contribution in [0.15, 0.2) is 16.6 Å². The number of H-pyrrole nitrogens is 1. The van der Waals surface area contributed by atoms with Gasteiger partial charge in [-0.2, -0.15) is 0 Å². The zero-order chi connectivity index (χ0) is 10.7. The lowest BCUT2D eigenvalue weighted by Crippen LogP contribution is -1.83. The van der Waals surface area contributed by atoms with Crippen LogP contribution in [0, 0.1) is 0 Å². The van der Waals surface area contributed by atoms with E-state index in [2.05, 4.69) is 40.0 Å². The fourth-order valence-corrected chi connectivity index (χ4v) is 1.01. The highest BCUT2D eigenvalue weighted by molar-refractivity contribution is 5.81. The van der Waals surface area contributed by atoms with Crippen molar-refractivity contribution in [3.63, 3.8) is 0 Å². The number of nitrogens with one attached hydrogen (secondary N) is 1. The molecule has 72 valence electrons. The summed E-state index contributed by atoms with van der Waals surface area (Å²) in [7, 11) is 0. The van der Waals surface area contributed by atoms with Gasteiger partial charge in [0, 0.05) is 9.82 Å². The molecule has 0 aromatic carbocycles. The SMILES string of the molecule is [N-]=[N+]=Nc1nc(N=[N+]=[N-])c2[nH]cnc2n1. The maximum atomic E-state index is 8.30. The minimum atomic E-state index is -0.139. The maximum Gasteiger partial charge on any atom is 0.219 e. The second-order valence-electron chi connectivity index (χ2n) is 2.33. The molecule has 15 heavy (non-hydrogen) atoms. The van der Waals surface area contributed by atoms with Crippen molar-refractivity contribution >= 4 is 22.9 Å². The van der Waals surface area contributed by atoms with Gasteiger partial charge < -0.3 is 4.98 Å². The van der Waals surface area contributed by atoms with Crippen LogP contribution in [-0.2, 0) is 0 Å². The maximum absolute atomic E-state index is 8.30. The standard InChI is InChI=1S/C5H2N10/c6-14-12-4-2-3(9-1-8-2)10-5(11-4)13-15-7/h1H,(H,8,9,10,11). The molecule has 0 unspecified atom stereocenters. The van der Waals surface area contributed by atoms with Crippen molar-refractivity contribution in [2.75, 3.05) is 0 Å². The van der Waals surface area contributed by atoms with Crippen molar-refractivity contribution < 1.29 is 0 Å². The lowest BCUT2D eigenvalue weighted by molar-refractivity contribution is 1.14. The number of imidazole rings is 1. The average Bonchev–Trinajstić information content (AvgIpc) is 2.67. The number of rotatable bonds is 2. The fraction of sp³-hybridized carbons (Fsp3) is 0. The van der Waals surface area contributed by atoms with E-state index in [-0.39, 0.29) is 17.4 Å². The van der Waals surface area contributed by atoms with Crippen molar-refractivity contribution in [2.45, 2.75) is 0 Å². The number of nitrogens with zero attached hydrogens (tertiary/aromatic N) is 9. The van der Waals surface area contributed by atoms with Crippen LogP contribution in [0.3, 0.4) is 0 Å². The number of azide groups is 2. The van der Waals surface area contributed by atoms with Gasteiger partial charge in [-0.1, -0.05) is 0 Å². The van der Waals surface area contributed by atoms with Crippen molar-refractivity contribution in [3.8, 4) is 0 Å². The molecule has 0 saturated heterocycles. The lowest BCUT2D eigenvalue weighted by atomic mass is 10.5. The summed E-state index contributed by atoms with van der Waals surface area (Å²) in [6, 6.07) is 0. The second kappa shape index (κ2) is 3.50. The largest absolute Gasteiger partial charge is 0.342 e. The first-order valence-electron chi connectivity index (χ1n) is 3.66. The summed E-state index contributed by atoms with van der Waals surface area (Å²) in [5.41, 5.74) is 17.2. The molecular formula is C5H2N10. The highest BCUT2D eigenvalue weighted by atomic mass is 15.3.